The Labute approximate surface area is 262 Å². The van der Waals surface area contributed by atoms with Crippen LogP contribution in [0.3, 0.4) is 0 Å². The molecular weight excluding hydrogens is 567 g/mol. The first-order chi connectivity index (χ1) is 18.8. The van der Waals surface area contributed by atoms with Crippen molar-refractivity contribution in [3.63, 3.8) is 0 Å². The molecule has 0 aliphatic carbocycles. The van der Waals surface area contributed by atoms with Gasteiger partial charge in [0.25, 0.3) is 0 Å². The smallest absolute Gasteiger partial charge is 0.746 e. The number of ether oxygens (including phenoxy) is 1. The Morgan fingerprint density at radius 3 is 2.39 bits per heavy atom. The molecule has 1 unspecified atom stereocenters. The zero-order valence-corrected chi connectivity index (χ0v) is 26.4. The van der Waals surface area contributed by atoms with Crippen molar-refractivity contribution < 1.29 is 71.5 Å². The summed E-state index contributed by atoms with van der Waals surface area (Å²) in [5.74, 6) is -2.02. The summed E-state index contributed by atoms with van der Waals surface area (Å²) in [6, 6.07) is 6.65. The summed E-state index contributed by atoms with van der Waals surface area (Å²) in [7, 11) is -5.20. The number of likely N-dealkylation sites (tertiary alicyclic amines) is 1. The minimum absolute atomic E-state index is 0. The van der Waals surface area contributed by atoms with Crippen molar-refractivity contribution in [2.75, 3.05) is 26.2 Å². The monoisotopic (exact) mass is 604 g/mol. The van der Waals surface area contributed by atoms with Gasteiger partial charge in [-0.3, -0.25) is 14.4 Å². The number of benzene rings is 1. The molecule has 2 aliphatic heterocycles. The average Bonchev–Trinajstić information content (AvgIpc) is 3.25. The van der Waals surface area contributed by atoms with Crippen molar-refractivity contribution in [2.45, 2.75) is 57.1 Å². The quantitative estimate of drug-likeness (QED) is 0.132. The van der Waals surface area contributed by atoms with Crippen LogP contribution in [-0.2, 0) is 35.7 Å². The molecule has 222 valence electrons. The van der Waals surface area contributed by atoms with Gasteiger partial charge in [0.15, 0.2) is 5.44 Å². The fraction of sp³-hybridized carbons (Fsp3) is 0.615. The number of hydrogen-bond donors (Lipinski definition) is 4. The summed E-state index contributed by atoms with van der Waals surface area (Å²) >= 11 is 0. The van der Waals surface area contributed by atoms with Crippen molar-refractivity contribution in [2.24, 2.45) is 17.8 Å². The maximum absolute atomic E-state index is 13.1. The van der Waals surface area contributed by atoms with Crippen LogP contribution in [0.1, 0.15) is 38.7 Å². The zero-order chi connectivity index (χ0) is 29.4. The summed E-state index contributed by atoms with van der Waals surface area (Å²) < 4.78 is 39.8. The summed E-state index contributed by atoms with van der Waals surface area (Å²) in [5.41, 5.74) is -1.56. The van der Waals surface area contributed by atoms with Crippen LogP contribution in [0.25, 0.3) is 0 Å². The molecule has 0 spiro atoms. The van der Waals surface area contributed by atoms with E-state index in [2.05, 4.69) is 16.0 Å². The Hall–Kier alpha value is -2.23. The van der Waals surface area contributed by atoms with Crippen LogP contribution in [0, 0.1) is 17.8 Å². The van der Waals surface area contributed by atoms with Crippen LogP contribution in [0.15, 0.2) is 30.3 Å². The van der Waals surface area contributed by atoms with E-state index in [1.165, 1.54) is 0 Å². The molecule has 2 heterocycles. The van der Waals surface area contributed by atoms with Crippen molar-refractivity contribution in [1.82, 2.24) is 20.9 Å². The first-order valence-corrected chi connectivity index (χ1v) is 14.8. The molecule has 0 bridgehead atoms. The molecule has 2 fully saturated rings. The molecular formula is C26H37N4NaO9S. The number of nitrogens with zero attached hydrogens (tertiary/aromatic N) is 1. The van der Waals surface area contributed by atoms with E-state index in [9.17, 15) is 37.3 Å². The van der Waals surface area contributed by atoms with Gasteiger partial charge in [-0.05, 0) is 30.7 Å². The van der Waals surface area contributed by atoms with Gasteiger partial charge in [-0.15, -0.1) is 0 Å². The molecule has 4 N–H and O–H groups in total. The minimum atomic E-state index is -5.20. The van der Waals surface area contributed by atoms with E-state index in [0.717, 1.165) is 5.56 Å². The third-order valence-corrected chi connectivity index (χ3v) is 7.86. The SMILES string of the molecule is CC(C)C[C@H](NC(=O)OCC1CN(C(=O)Cc2ccccc2)C1)C(=O)N[C@@H](C[C@H]1CCNC1=O)C(O)S(=O)(=O)[O-].[Na+]. The number of amides is 4. The van der Waals surface area contributed by atoms with Gasteiger partial charge in [-0.1, -0.05) is 44.2 Å². The second-order valence-electron chi connectivity index (χ2n) is 10.8. The Bertz CT molecular complexity index is 1160. The largest absolute Gasteiger partial charge is 1.00 e. The molecule has 15 heteroatoms. The summed E-state index contributed by atoms with van der Waals surface area (Å²) in [6.07, 6.45) is -0.342. The van der Waals surface area contributed by atoms with Crippen LogP contribution < -0.4 is 45.5 Å². The van der Waals surface area contributed by atoms with Crippen LogP contribution in [0.2, 0.25) is 0 Å². The number of aliphatic hydroxyl groups excluding tert-OH is 1. The van der Waals surface area contributed by atoms with Gasteiger partial charge < -0.3 is 35.2 Å². The second-order valence-corrected chi connectivity index (χ2v) is 12.2. The zero-order valence-electron chi connectivity index (χ0n) is 23.6. The molecule has 0 saturated carbocycles. The second kappa shape index (κ2) is 15.8. The van der Waals surface area contributed by atoms with Gasteiger partial charge >= 0.3 is 35.7 Å². The molecule has 4 amide bonds. The normalized spacial score (nSPS) is 19.3. The average molecular weight is 605 g/mol. The topological polar surface area (TPSA) is 194 Å². The summed E-state index contributed by atoms with van der Waals surface area (Å²) in [4.78, 5) is 51.6. The van der Waals surface area contributed by atoms with Crippen LogP contribution >= 0.6 is 0 Å². The van der Waals surface area contributed by atoms with Gasteiger partial charge in [0.05, 0.1) is 19.1 Å². The van der Waals surface area contributed by atoms with Crippen LogP contribution in [-0.4, -0.2) is 90.6 Å². The molecule has 1 aromatic rings. The van der Waals surface area contributed by atoms with Crippen molar-refractivity contribution in [3.8, 4) is 0 Å². The van der Waals surface area contributed by atoms with E-state index in [0.29, 0.717) is 26.1 Å². The Kier molecular flexibility index (Phi) is 13.5. The summed E-state index contributed by atoms with van der Waals surface area (Å²) in [6.45, 7) is 4.87. The standard InChI is InChI=1S/C26H38N4O9S.Na/c1-16(2)10-20(24(33)28-21(25(34)40(36,37)38)12-19-8-9-27-23(19)32)29-26(35)39-15-18-13-30(14-18)22(31)11-17-6-4-3-5-7-17;/h3-7,16,18-21,25,34H,8-15H2,1-2H3,(H,27,32)(H,28,33)(H,29,35)(H,36,37,38);/q;+1/p-1/t19-,20+,21+,25?;/m1./s1. The van der Waals surface area contributed by atoms with Gasteiger partial charge in [0, 0.05) is 31.5 Å². The molecule has 0 aromatic heterocycles. The molecule has 0 radical (unpaired) electrons. The predicted octanol–water partition coefficient (Wildman–Crippen LogP) is -3.29. The maximum atomic E-state index is 13.1. The van der Waals surface area contributed by atoms with Crippen molar-refractivity contribution in [3.05, 3.63) is 35.9 Å². The van der Waals surface area contributed by atoms with E-state index in [1.54, 1.807) is 18.7 Å². The number of alkyl carbamates (subject to hydrolysis) is 1. The fourth-order valence-electron chi connectivity index (χ4n) is 4.75. The molecule has 13 nitrogen and oxygen atoms in total. The van der Waals surface area contributed by atoms with Crippen LogP contribution in [0.5, 0.6) is 0 Å². The molecule has 41 heavy (non-hydrogen) atoms. The van der Waals surface area contributed by atoms with E-state index < -0.39 is 45.6 Å². The molecule has 4 atom stereocenters. The molecule has 1 aromatic carbocycles. The number of rotatable bonds is 13. The van der Waals surface area contributed by atoms with E-state index in [4.69, 9.17) is 4.74 Å². The predicted molar refractivity (Wildman–Crippen MR) is 141 cm³/mol. The fourth-order valence-corrected chi connectivity index (χ4v) is 5.33. The third kappa shape index (κ3) is 10.8. The van der Waals surface area contributed by atoms with Gasteiger partial charge in [0.2, 0.25) is 17.7 Å². The van der Waals surface area contributed by atoms with E-state index in [1.807, 2.05) is 30.3 Å². The Morgan fingerprint density at radius 1 is 1.17 bits per heavy atom. The number of hydrogen-bond acceptors (Lipinski definition) is 9. The molecule has 2 aliphatic rings. The van der Waals surface area contributed by atoms with Crippen molar-refractivity contribution >= 4 is 33.9 Å². The van der Waals surface area contributed by atoms with E-state index >= 15 is 0 Å². The molecule has 3 rings (SSSR count). The minimum Gasteiger partial charge on any atom is -0.746 e. The molecule has 2 saturated heterocycles. The Morgan fingerprint density at radius 2 is 1.83 bits per heavy atom. The van der Waals surface area contributed by atoms with Gasteiger partial charge in [-0.2, -0.15) is 0 Å². The first kappa shape index (κ1) is 35.0. The number of nitrogens with one attached hydrogen (secondary N) is 3. The van der Waals surface area contributed by atoms with Crippen molar-refractivity contribution in [1.29, 1.82) is 0 Å². The van der Waals surface area contributed by atoms with Crippen LogP contribution in [0.4, 0.5) is 4.79 Å². The van der Waals surface area contributed by atoms with Gasteiger partial charge in [0.1, 0.15) is 16.2 Å². The Balaban J connectivity index is 0.00000588. The van der Waals surface area contributed by atoms with Gasteiger partial charge in [-0.25, -0.2) is 13.2 Å². The summed E-state index contributed by atoms with van der Waals surface area (Å²) in [5, 5.41) is 17.5. The number of carbonyl (C=O) groups is 4. The number of carbonyl (C=O) groups excluding carboxylic acids is 4. The van der Waals surface area contributed by atoms with E-state index in [-0.39, 0.29) is 79.1 Å². The maximum Gasteiger partial charge on any atom is 1.00 e. The first-order valence-electron chi connectivity index (χ1n) is 13.3. The number of aliphatic hydroxyl groups is 1. The third-order valence-electron chi connectivity index (χ3n) is 6.94.